The summed E-state index contributed by atoms with van der Waals surface area (Å²) in [7, 11) is 1.53. The van der Waals surface area contributed by atoms with Crippen LogP contribution in [0.2, 0.25) is 0 Å². The Hall–Kier alpha value is -3.66. The predicted octanol–water partition coefficient (Wildman–Crippen LogP) is 3.07. The summed E-state index contributed by atoms with van der Waals surface area (Å²) in [4.78, 5) is 25.1. The lowest BCUT2D eigenvalue weighted by Crippen LogP contribution is -2.20. The molecule has 2 aromatic heterocycles. The average molecular weight is 439 g/mol. The molecule has 0 aliphatic carbocycles. The summed E-state index contributed by atoms with van der Waals surface area (Å²) in [6.45, 7) is 1.65. The van der Waals surface area contributed by atoms with Gasteiger partial charge < -0.3 is 10.1 Å². The second-order valence-electron chi connectivity index (χ2n) is 6.62. The molecule has 31 heavy (non-hydrogen) atoms. The van der Waals surface area contributed by atoms with Crippen molar-refractivity contribution in [1.82, 2.24) is 19.2 Å². The molecule has 8 nitrogen and oxygen atoms in total. The smallest absolute Gasteiger partial charge is 0.300 e. The maximum absolute atomic E-state index is 13.6. The number of ether oxygens (including phenoxy) is 1. The zero-order chi connectivity index (χ0) is 22.0. The van der Waals surface area contributed by atoms with Gasteiger partial charge in [0.15, 0.2) is 5.16 Å². The minimum Gasteiger partial charge on any atom is -0.495 e. The molecule has 1 N–H and O–H groups in total. The first-order valence-corrected chi connectivity index (χ1v) is 10.2. The Kier molecular flexibility index (Phi) is 5.72. The largest absolute Gasteiger partial charge is 0.495 e. The van der Waals surface area contributed by atoms with Crippen molar-refractivity contribution in [3.8, 4) is 11.4 Å². The summed E-state index contributed by atoms with van der Waals surface area (Å²) in [5.41, 5.74) is 1.21. The first kappa shape index (κ1) is 20.6. The third-order valence-corrected chi connectivity index (χ3v) is 5.52. The lowest BCUT2D eigenvalue weighted by molar-refractivity contribution is -0.113. The van der Waals surface area contributed by atoms with E-state index in [2.05, 4.69) is 15.5 Å². The first-order chi connectivity index (χ1) is 15.0. The fourth-order valence-corrected chi connectivity index (χ4v) is 3.70. The topological polar surface area (TPSA) is 90.5 Å². The zero-order valence-electron chi connectivity index (χ0n) is 16.7. The highest BCUT2D eigenvalue weighted by atomic mass is 32.2. The molecular formula is C21H18FN5O3S. The Morgan fingerprint density at radius 1 is 1.19 bits per heavy atom. The molecule has 0 saturated carbocycles. The van der Waals surface area contributed by atoms with Crippen LogP contribution in [-0.2, 0) is 4.79 Å². The number of aromatic nitrogens is 4. The molecule has 4 aromatic rings. The van der Waals surface area contributed by atoms with Crippen molar-refractivity contribution < 1.29 is 13.9 Å². The molecule has 0 saturated heterocycles. The molecule has 0 bridgehead atoms. The number of amides is 1. The number of anilines is 1. The monoisotopic (exact) mass is 439 g/mol. The molecule has 0 atom stereocenters. The number of hydrogen-bond acceptors (Lipinski definition) is 6. The quantitative estimate of drug-likeness (QED) is 0.465. The van der Waals surface area contributed by atoms with Gasteiger partial charge in [-0.25, -0.2) is 4.39 Å². The van der Waals surface area contributed by atoms with Crippen LogP contribution in [0.3, 0.4) is 0 Å². The Balaban J connectivity index is 1.53. The van der Waals surface area contributed by atoms with E-state index in [1.807, 2.05) is 6.07 Å². The second kappa shape index (κ2) is 8.60. The van der Waals surface area contributed by atoms with Crippen LogP contribution in [0.1, 0.15) is 5.56 Å². The summed E-state index contributed by atoms with van der Waals surface area (Å²) in [6.07, 6.45) is 3.24. The van der Waals surface area contributed by atoms with E-state index in [9.17, 15) is 14.0 Å². The molecule has 0 aliphatic heterocycles. The maximum Gasteiger partial charge on any atom is 0.300 e. The normalized spacial score (nSPS) is 10.9. The van der Waals surface area contributed by atoms with Crippen LogP contribution in [0.25, 0.3) is 11.3 Å². The highest BCUT2D eigenvalue weighted by Crippen LogP contribution is 2.22. The average Bonchev–Trinajstić information content (AvgIpc) is 3.19. The number of thioether (sulfide) groups is 1. The Morgan fingerprint density at radius 3 is 2.77 bits per heavy atom. The van der Waals surface area contributed by atoms with Crippen LogP contribution in [0, 0.1) is 12.7 Å². The van der Waals surface area contributed by atoms with Crippen LogP contribution >= 0.6 is 11.8 Å². The number of methoxy groups -OCH3 is 1. The van der Waals surface area contributed by atoms with Gasteiger partial charge in [0, 0.05) is 18.1 Å². The van der Waals surface area contributed by atoms with Gasteiger partial charge in [0.1, 0.15) is 11.6 Å². The number of benzene rings is 2. The van der Waals surface area contributed by atoms with Crippen molar-refractivity contribution in [2.24, 2.45) is 0 Å². The second-order valence-corrected chi connectivity index (χ2v) is 7.56. The van der Waals surface area contributed by atoms with E-state index in [4.69, 9.17) is 4.74 Å². The van der Waals surface area contributed by atoms with Crippen molar-refractivity contribution in [3.05, 3.63) is 76.6 Å². The molecule has 0 radical (unpaired) electrons. The highest BCUT2D eigenvalue weighted by Gasteiger charge is 2.15. The number of rotatable bonds is 6. The lowest BCUT2D eigenvalue weighted by Gasteiger charge is -2.10. The van der Waals surface area contributed by atoms with Crippen LogP contribution in [0.15, 0.2) is 64.8 Å². The molecule has 0 spiro atoms. The minimum atomic E-state index is -0.389. The van der Waals surface area contributed by atoms with Crippen LogP contribution < -0.4 is 15.6 Å². The summed E-state index contributed by atoms with van der Waals surface area (Å²) in [5.74, 6) is -0.147. The molecule has 0 aliphatic rings. The Morgan fingerprint density at radius 2 is 2.00 bits per heavy atom. The van der Waals surface area contributed by atoms with Gasteiger partial charge in [0.2, 0.25) is 11.6 Å². The van der Waals surface area contributed by atoms with Crippen molar-refractivity contribution in [2.45, 2.75) is 12.1 Å². The highest BCUT2D eigenvalue weighted by molar-refractivity contribution is 7.99. The number of fused-ring (bicyclic) bond motifs is 1. The molecule has 2 heterocycles. The number of nitrogens with zero attached hydrogens (tertiary/aromatic N) is 4. The van der Waals surface area contributed by atoms with E-state index in [0.717, 1.165) is 11.8 Å². The van der Waals surface area contributed by atoms with E-state index in [1.54, 1.807) is 49.6 Å². The third-order valence-electron chi connectivity index (χ3n) is 4.57. The molecule has 1 amide bonds. The van der Waals surface area contributed by atoms with Crippen molar-refractivity contribution in [3.63, 3.8) is 0 Å². The van der Waals surface area contributed by atoms with Gasteiger partial charge in [-0.3, -0.25) is 18.6 Å². The summed E-state index contributed by atoms with van der Waals surface area (Å²) >= 11 is 1.12. The van der Waals surface area contributed by atoms with Crippen molar-refractivity contribution in [2.75, 3.05) is 18.2 Å². The van der Waals surface area contributed by atoms with E-state index < -0.39 is 0 Å². The third kappa shape index (κ3) is 4.15. The van der Waals surface area contributed by atoms with Crippen LogP contribution in [0.4, 0.5) is 10.1 Å². The van der Waals surface area contributed by atoms with Gasteiger partial charge in [-0.15, -0.1) is 10.2 Å². The number of carbonyl (C=O) groups is 1. The number of nitrogens with one attached hydrogen (secondary N) is 1. The van der Waals surface area contributed by atoms with E-state index >= 15 is 0 Å². The summed E-state index contributed by atoms with van der Waals surface area (Å²) in [5, 5.41) is 11.0. The predicted molar refractivity (Wildman–Crippen MR) is 116 cm³/mol. The Bertz CT molecular complexity index is 1330. The van der Waals surface area contributed by atoms with E-state index in [0.29, 0.717) is 27.8 Å². The Labute approximate surface area is 180 Å². The van der Waals surface area contributed by atoms with Crippen LogP contribution in [0.5, 0.6) is 5.75 Å². The van der Waals surface area contributed by atoms with Gasteiger partial charge in [0.05, 0.1) is 18.6 Å². The van der Waals surface area contributed by atoms with Gasteiger partial charge in [-0.05, 0) is 36.8 Å². The SMILES string of the molecule is COc1ccccc1-n1ccn2c(SCC(=O)Nc3ccc(C)c(F)c3)nnc2c1=O. The van der Waals surface area contributed by atoms with E-state index in [-0.39, 0.29) is 28.7 Å². The number of carbonyl (C=O) groups excluding carboxylic acids is 1. The molecule has 0 fully saturated rings. The standard InChI is InChI=1S/C21H18FN5O3S/c1-13-7-8-14(11-15(13)22)23-18(28)12-31-21-25-24-19-20(29)26(9-10-27(19)21)16-5-3-4-6-17(16)30-2/h3-11H,12H2,1-2H3,(H,23,28). The number of para-hydroxylation sites is 2. The number of hydrogen-bond donors (Lipinski definition) is 1. The van der Waals surface area contributed by atoms with Gasteiger partial charge in [-0.1, -0.05) is 30.0 Å². The van der Waals surface area contributed by atoms with Gasteiger partial charge in [-0.2, -0.15) is 0 Å². The molecule has 2 aromatic carbocycles. The fraction of sp³-hybridized carbons (Fsp3) is 0.143. The van der Waals surface area contributed by atoms with Gasteiger partial charge in [0.25, 0.3) is 0 Å². The first-order valence-electron chi connectivity index (χ1n) is 9.26. The lowest BCUT2D eigenvalue weighted by atomic mass is 10.2. The van der Waals surface area contributed by atoms with Crippen molar-refractivity contribution in [1.29, 1.82) is 0 Å². The molecule has 10 heteroatoms. The summed E-state index contributed by atoms with van der Waals surface area (Å²) < 4.78 is 21.9. The molecular weight excluding hydrogens is 421 g/mol. The summed E-state index contributed by atoms with van der Waals surface area (Å²) in [6, 6.07) is 11.6. The fourth-order valence-electron chi connectivity index (χ4n) is 2.98. The number of aryl methyl sites for hydroxylation is 1. The van der Waals surface area contributed by atoms with Crippen molar-refractivity contribution >= 4 is 29.0 Å². The molecule has 4 rings (SSSR count). The zero-order valence-corrected chi connectivity index (χ0v) is 17.5. The van der Waals surface area contributed by atoms with Gasteiger partial charge >= 0.3 is 5.56 Å². The molecule has 158 valence electrons. The maximum atomic E-state index is 13.6. The number of halogens is 1. The molecule has 0 unspecified atom stereocenters. The van der Waals surface area contributed by atoms with E-state index in [1.165, 1.54) is 22.1 Å². The minimum absolute atomic E-state index is 0.0197. The van der Waals surface area contributed by atoms with Crippen LogP contribution in [-0.4, -0.2) is 37.9 Å².